The highest BCUT2D eigenvalue weighted by atomic mass is 19.4. The molecule has 1 heterocycles. The number of hydrazine groups is 1. The molecule has 0 aromatic heterocycles. The number of aliphatic hydroxyl groups is 1. The van der Waals surface area contributed by atoms with E-state index >= 15 is 0 Å². The highest BCUT2D eigenvalue weighted by molar-refractivity contribution is 6.01. The van der Waals surface area contributed by atoms with Crippen LogP contribution in [0, 0.1) is 0 Å². The van der Waals surface area contributed by atoms with E-state index in [0.29, 0.717) is 41.0 Å². The van der Waals surface area contributed by atoms with Crippen LogP contribution in [0.3, 0.4) is 0 Å². The predicted molar refractivity (Wildman–Crippen MR) is 157 cm³/mol. The molecule has 10 nitrogen and oxygen atoms in total. The third-order valence-electron chi connectivity index (χ3n) is 6.88. The van der Waals surface area contributed by atoms with Crippen LogP contribution in [0.25, 0.3) is 10.4 Å². The van der Waals surface area contributed by atoms with Crippen LogP contribution in [0.1, 0.15) is 46.8 Å². The van der Waals surface area contributed by atoms with Crippen LogP contribution in [0.2, 0.25) is 0 Å². The first-order valence-electron chi connectivity index (χ1n) is 13.7. The van der Waals surface area contributed by atoms with Crippen LogP contribution in [-0.4, -0.2) is 35.7 Å². The van der Waals surface area contributed by atoms with Gasteiger partial charge >= 0.3 is 6.18 Å². The van der Waals surface area contributed by atoms with E-state index in [1.807, 2.05) is 0 Å². The minimum absolute atomic E-state index is 0.00132. The van der Waals surface area contributed by atoms with E-state index < -0.39 is 29.3 Å². The van der Waals surface area contributed by atoms with Crippen molar-refractivity contribution in [2.75, 3.05) is 13.2 Å². The fourth-order valence-electron chi connectivity index (χ4n) is 4.75. The number of aliphatic imine (C=N–C) groups is 1. The summed E-state index contributed by atoms with van der Waals surface area (Å²) >= 11 is 0. The van der Waals surface area contributed by atoms with Crippen LogP contribution < -0.4 is 15.6 Å². The van der Waals surface area contributed by atoms with E-state index in [0.717, 1.165) is 12.1 Å². The van der Waals surface area contributed by atoms with Gasteiger partial charge in [-0.1, -0.05) is 53.7 Å². The van der Waals surface area contributed by atoms with Crippen molar-refractivity contribution >= 4 is 11.8 Å². The Morgan fingerprint density at radius 2 is 1.95 bits per heavy atom. The number of nitrogens with zero attached hydrogens (tertiary/aromatic N) is 4. The van der Waals surface area contributed by atoms with Crippen molar-refractivity contribution in [2.24, 2.45) is 10.1 Å². The van der Waals surface area contributed by atoms with Gasteiger partial charge in [-0.05, 0) is 52.6 Å². The molecule has 1 aliphatic rings. The molecule has 0 spiro atoms. The Balaban J connectivity index is 1.66. The Labute approximate surface area is 251 Å². The number of hydrogen-bond acceptors (Lipinski definition) is 7. The molecule has 3 N–H and O–H groups in total. The second-order valence-corrected chi connectivity index (χ2v) is 9.88. The van der Waals surface area contributed by atoms with Gasteiger partial charge in [0.2, 0.25) is 5.90 Å². The van der Waals surface area contributed by atoms with Gasteiger partial charge in [-0.25, -0.2) is 10.4 Å². The van der Waals surface area contributed by atoms with Gasteiger partial charge in [0.05, 0.1) is 18.7 Å². The summed E-state index contributed by atoms with van der Waals surface area (Å²) in [5, 5.41) is 12.7. The number of halogens is 3. The largest absolute Gasteiger partial charge is 0.494 e. The van der Waals surface area contributed by atoms with E-state index in [2.05, 4.69) is 27.5 Å². The van der Waals surface area contributed by atoms with E-state index in [-0.39, 0.29) is 32.0 Å². The van der Waals surface area contributed by atoms with Crippen molar-refractivity contribution in [1.29, 1.82) is 0 Å². The highest BCUT2D eigenvalue weighted by Gasteiger charge is 2.53. The Morgan fingerprint density at radius 3 is 2.66 bits per heavy atom. The maximum atomic E-state index is 13.9. The van der Waals surface area contributed by atoms with Crippen LogP contribution in [-0.2, 0) is 28.8 Å². The molecule has 2 atom stereocenters. The number of carbonyl (C=O) groups excluding carboxylic acids is 1. The summed E-state index contributed by atoms with van der Waals surface area (Å²) in [6, 6.07) is 18.7. The Hall–Kier alpha value is -4.84. The van der Waals surface area contributed by atoms with Crippen LogP contribution in [0.5, 0.6) is 5.75 Å². The highest BCUT2D eigenvalue weighted by Crippen LogP contribution is 2.44. The minimum atomic E-state index is -4.50. The monoisotopic (exact) mass is 608 g/mol. The number of alkyl halides is 3. The van der Waals surface area contributed by atoms with E-state index in [1.54, 1.807) is 48.5 Å². The average molecular weight is 609 g/mol. The fraction of sp³-hybridized carbons (Fsp3) is 0.290. The number of azide groups is 1. The zero-order valence-corrected chi connectivity index (χ0v) is 23.6. The fourth-order valence-corrected chi connectivity index (χ4v) is 4.75. The third kappa shape index (κ3) is 7.56. The Kier molecular flexibility index (Phi) is 10.6. The zero-order chi connectivity index (χ0) is 31.6. The Morgan fingerprint density at radius 1 is 1.18 bits per heavy atom. The molecule has 13 heteroatoms. The van der Waals surface area contributed by atoms with Crippen LogP contribution in [0.15, 0.2) is 95.6 Å². The summed E-state index contributed by atoms with van der Waals surface area (Å²) in [7, 11) is 0. The lowest BCUT2D eigenvalue weighted by Crippen LogP contribution is -2.52. The average Bonchev–Trinajstić information content (AvgIpc) is 3.41. The molecule has 4 rings (SSSR count). The van der Waals surface area contributed by atoms with Crippen molar-refractivity contribution in [1.82, 2.24) is 10.9 Å². The van der Waals surface area contributed by atoms with Crippen molar-refractivity contribution < 1.29 is 32.5 Å². The van der Waals surface area contributed by atoms with Gasteiger partial charge in [-0.2, -0.15) is 13.2 Å². The molecule has 0 saturated heterocycles. The van der Waals surface area contributed by atoms with Crippen LogP contribution in [0.4, 0.5) is 13.2 Å². The van der Waals surface area contributed by atoms with Gasteiger partial charge in [0.15, 0.2) is 11.6 Å². The van der Waals surface area contributed by atoms with Crippen molar-refractivity contribution in [2.45, 2.75) is 43.8 Å². The van der Waals surface area contributed by atoms with Crippen LogP contribution >= 0.6 is 0 Å². The number of benzene rings is 3. The standard InChI is InChI=1S/C31H31F3N6O4/c1-2-15-30(29(42)39-36-19-21-7-5-9-24(18-21)31(32,33)34)27(26-10-4-3-8-23(26)20-37-40-35)44-28(38-30)22-11-13-25(14-12-22)43-17-6-16-41/h2-5,7-14,18,27,36,41H,1,6,15-17,19-20H2,(H,39,42)/t27-,30-/m0/s1. The van der Waals surface area contributed by atoms with Crippen molar-refractivity contribution in [3.05, 3.63) is 124 Å². The number of carbonyl (C=O) groups is 1. The molecule has 0 radical (unpaired) electrons. The van der Waals surface area contributed by atoms with Crippen molar-refractivity contribution in [3.63, 3.8) is 0 Å². The first-order valence-corrected chi connectivity index (χ1v) is 13.7. The first-order chi connectivity index (χ1) is 21.2. The zero-order valence-electron chi connectivity index (χ0n) is 23.6. The van der Waals surface area contributed by atoms with E-state index in [9.17, 15) is 18.0 Å². The second kappa shape index (κ2) is 14.6. The van der Waals surface area contributed by atoms with E-state index in [1.165, 1.54) is 18.2 Å². The molecule has 0 saturated carbocycles. The van der Waals surface area contributed by atoms with Gasteiger partial charge in [0.25, 0.3) is 5.91 Å². The molecule has 1 amide bonds. The number of hydrogen-bond donors (Lipinski definition) is 3. The minimum Gasteiger partial charge on any atom is -0.494 e. The SMILES string of the molecule is C=CC[C@]1(C(=O)NNCc2cccc(C(F)(F)F)c2)N=C(c2ccc(OCCCO)cc2)O[C@H]1c1ccccc1CN=[N+]=[N-]. The third-order valence-corrected chi connectivity index (χ3v) is 6.88. The number of nitrogens with one attached hydrogen (secondary N) is 2. The maximum Gasteiger partial charge on any atom is 0.416 e. The lowest BCUT2D eigenvalue weighted by molar-refractivity contribution is -0.137. The lowest BCUT2D eigenvalue weighted by atomic mass is 9.83. The molecule has 3 aromatic rings. The lowest BCUT2D eigenvalue weighted by Gasteiger charge is -2.30. The molecular weight excluding hydrogens is 577 g/mol. The van der Waals surface area contributed by atoms with Gasteiger partial charge in [-0.3, -0.25) is 10.2 Å². The van der Waals surface area contributed by atoms with E-state index in [4.69, 9.17) is 25.1 Å². The summed E-state index contributed by atoms with van der Waals surface area (Å²) in [5.74, 6) is 0.142. The van der Waals surface area contributed by atoms with Gasteiger partial charge in [-0.15, -0.1) is 6.58 Å². The van der Waals surface area contributed by atoms with Gasteiger partial charge in [0, 0.05) is 36.5 Å². The quantitative estimate of drug-likeness (QED) is 0.0520. The summed E-state index contributed by atoms with van der Waals surface area (Å²) in [4.78, 5) is 21.6. The number of aliphatic hydroxyl groups excluding tert-OH is 1. The summed E-state index contributed by atoms with van der Waals surface area (Å²) in [6.07, 6.45) is -3.43. The second-order valence-electron chi connectivity index (χ2n) is 9.88. The molecule has 0 unspecified atom stereocenters. The maximum absolute atomic E-state index is 13.9. The Bertz CT molecular complexity index is 1540. The molecule has 0 fully saturated rings. The summed E-state index contributed by atoms with van der Waals surface area (Å²) in [6.45, 7) is 4.08. The molecule has 1 aliphatic heterocycles. The topological polar surface area (TPSA) is 141 Å². The summed E-state index contributed by atoms with van der Waals surface area (Å²) in [5.41, 5.74) is 13.9. The van der Waals surface area contributed by atoms with Gasteiger partial charge in [0.1, 0.15) is 5.75 Å². The summed E-state index contributed by atoms with van der Waals surface area (Å²) < 4.78 is 51.5. The molecule has 3 aromatic carbocycles. The molecule has 230 valence electrons. The first kappa shape index (κ1) is 32.1. The predicted octanol–water partition coefficient (Wildman–Crippen LogP) is 5.93. The molecule has 44 heavy (non-hydrogen) atoms. The smallest absolute Gasteiger partial charge is 0.416 e. The normalized spacial score (nSPS) is 17.6. The molecule has 0 bridgehead atoms. The number of amides is 1. The molecular formula is C31H31F3N6O4. The number of ether oxygens (including phenoxy) is 2. The van der Waals surface area contributed by atoms with Gasteiger partial charge < -0.3 is 14.6 Å². The number of rotatable bonds is 14. The molecule has 0 aliphatic carbocycles. The van der Waals surface area contributed by atoms with Crippen molar-refractivity contribution in [3.8, 4) is 5.75 Å².